The van der Waals surface area contributed by atoms with Crippen LogP contribution in [0.3, 0.4) is 0 Å². The van der Waals surface area contributed by atoms with Gasteiger partial charge in [-0.05, 0) is 43.7 Å². The SMILES string of the molecule is CP(C)(=O)c1c[nH]c(C=C2C(=O)Nc3ccc(F)cc32)c1. The van der Waals surface area contributed by atoms with Crippen LogP contribution in [-0.2, 0) is 9.36 Å². The first-order valence-electron chi connectivity index (χ1n) is 6.41. The zero-order valence-corrected chi connectivity index (χ0v) is 12.5. The standard InChI is InChI=1S/C15H14FN2O2P/c1-21(2,20)11-6-10(17-8-11)7-13-12-5-9(16)3-4-14(12)18-15(13)19/h3-8,17H,1-2H3,(H,18,19). The van der Waals surface area contributed by atoms with Crippen LogP contribution in [0.15, 0.2) is 30.5 Å². The fourth-order valence-electron chi connectivity index (χ4n) is 2.25. The summed E-state index contributed by atoms with van der Waals surface area (Å²) in [5, 5.41) is 3.40. The van der Waals surface area contributed by atoms with Crippen molar-refractivity contribution in [3.05, 3.63) is 47.5 Å². The molecule has 1 aromatic heterocycles. The van der Waals surface area contributed by atoms with Crippen LogP contribution in [0.4, 0.5) is 10.1 Å². The normalized spacial score (nSPS) is 16.1. The van der Waals surface area contributed by atoms with E-state index in [0.717, 1.165) is 0 Å². The predicted molar refractivity (Wildman–Crippen MR) is 82.8 cm³/mol. The molecule has 0 saturated heterocycles. The number of fused-ring (bicyclic) bond motifs is 1. The van der Waals surface area contributed by atoms with Gasteiger partial charge in [-0.15, -0.1) is 0 Å². The van der Waals surface area contributed by atoms with Crippen molar-refractivity contribution in [2.75, 3.05) is 18.6 Å². The zero-order chi connectivity index (χ0) is 15.2. The number of carbonyl (C=O) groups excluding carboxylic acids is 1. The Morgan fingerprint density at radius 3 is 2.67 bits per heavy atom. The van der Waals surface area contributed by atoms with E-state index in [2.05, 4.69) is 10.3 Å². The molecule has 3 rings (SSSR count). The number of hydrogen-bond donors (Lipinski definition) is 2. The van der Waals surface area contributed by atoms with E-state index in [0.29, 0.717) is 27.8 Å². The largest absolute Gasteiger partial charge is 0.361 e. The first-order valence-corrected chi connectivity index (χ1v) is 9.02. The summed E-state index contributed by atoms with van der Waals surface area (Å²) in [4.78, 5) is 15.0. The van der Waals surface area contributed by atoms with Crippen molar-refractivity contribution >= 4 is 35.7 Å². The Hall–Kier alpha value is -2.13. The fraction of sp³-hybridized carbons (Fsp3) is 0.133. The van der Waals surface area contributed by atoms with E-state index in [-0.39, 0.29) is 5.91 Å². The van der Waals surface area contributed by atoms with E-state index >= 15 is 0 Å². The molecule has 21 heavy (non-hydrogen) atoms. The van der Waals surface area contributed by atoms with Crippen LogP contribution >= 0.6 is 7.14 Å². The number of halogens is 1. The number of nitrogens with one attached hydrogen (secondary N) is 2. The van der Waals surface area contributed by atoms with Gasteiger partial charge in [0, 0.05) is 28.4 Å². The summed E-state index contributed by atoms with van der Waals surface area (Å²) in [6.07, 6.45) is 3.31. The molecular formula is C15H14FN2O2P. The number of aromatic nitrogens is 1. The Balaban J connectivity index is 2.05. The van der Waals surface area contributed by atoms with Gasteiger partial charge in [0.15, 0.2) is 0 Å². The molecule has 108 valence electrons. The molecule has 4 nitrogen and oxygen atoms in total. The molecule has 0 radical (unpaired) electrons. The number of aromatic amines is 1. The third-order valence-corrected chi connectivity index (χ3v) is 4.88. The first-order chi connectivity index (χ1) is 9.84. The third-order valence-electron chi connectivity index (χ3n) is 3.38. The lowest BCUT2D eigenvalue weighted by molar-refractivity contribution is -0.110. The highest BCUT2D eigenvalue weighted by Crippen LogP contribution is 2.36. The molecule has 1 amide bonds. The van der Waals surface area contributed by atoms with E-state index < -0.39 is 13.0 Å². The summed E-state index contributed by atoms with van der Waals surface area (Å²) in [6.45, 7) is 3.36. The zero-order valence-electron chi connectivity index (χ0n) is 11.6. The summed E-state index contributed by atoms with van der Waals surface area (Å²) in [5.74, 6) is -0.669. The van der Waals surface area contributed by atoms with Crippen LogP contribution in [0.2, 0.25) is 0 Å². The second kappa shape index (κ2) is 4.71. The van der Waals surface area contributed by atoms with Crippen LogP contribution in [-0.4, -0.2) is 24.2 Å². The van der Waals surface area contributed by atoms with E-state index in [1.807, 2.05) is 0 Å². The first kappa shape index (κ1) is 13.8. The van der Waals surface area contributed by atoms with Crippen LogP contribution in [0.25, 0.3) is 11.6 Å². The van der Waals surface area contributed by atoms with Crippen molar-refractivity contribution in [1.29, 1.82) is 0 Å². The smallest absolute Gasteiger partial charge is 0.256 e. The molecule has 6 heteroatoms. The van der Waals surface area contributed by atoms with Gasteiger partial charge in [0.05, 0.1) is 5.57 Å². The predicted octanol–water partition coefficient (Wildman–Crippen LogP) is 2.89. The summed E-state index contributed by atoms with van der Waals surface area (Å²) in [5.41, 5.74) is 2.18. The number of anilines is 1. The monoisotopic (exact) mass is 304 g/mol. The van der Waals surface area contributed by atoms with Crippen LogP contribution in [0, 0.1) is 5.82 Å². The maximum atomic E-state index is 13.4. The molecule has 1 aliphatic rings. The topological polar surface area (TPSA) is 62.0 Å². The van der Waals surface area contributed by atoms with E-state index in [1.54, 1.807) is 31.7 Å². The number of benzene rings is 1. The van der Waals surface area contributed by atoms with E-state index in [4.69, 9.17) is 0 Å². The lowest BCUT2D eigenvalue weighted by Crippen LogP contribution is -2.03. The number of carbonyl (C=O) groups is 1. The van der Waals surface area contributed by atoms with Gasteiger partial charge < -0.3 is 14.9 Å². The fourth-order valence-corrected chi connectivity index (χ4v) is 3.08. The van der Waals surface area contributed by atoms with Gasteiger partial charge in [0.2, 0.25) is 0 Å². The maximum absolute atomic E-state index is 13.4. The van der Waals surface area contributed by atoms with Crippen molar-refractivity contribution in [3.63, 3.8) is 0 Å². The Morgan fingerprint density at radius 2 is 2.00 bits per heavy atom. The van der Waals surface area contributed by atoms with E-state index in [9.17, 15) is 13.8 Å². The second-order valence-electron chi connectivity index (χ2n) is 5.37. The number of rotatable bonds is 2. The lowest BCUT2D eigenvalue weighted by atomic mass is 10.1. The summed E-state index contributed by atoms with van der Waals surface area (Å²) in [6, 6.07) is 5.92. The maximum Gasteiger partial charge on any atom is 0.256 e. The number of hydrogen-bond acceptors (Lipinski definition) is 2. The van der Waals surface area contributed by atoms with Crippen molar-refractivity contribution < 1.29 is 13.8 Å². The summed E-state index contributed by atoms with van der Waals surface area (Å²) >= 11 is 0. The lowest BCUT2D eigenvalue weighted by Gasteiger charge is -2.00. The molecule has 0 aliphatic carbocycles. The Labute approximate surface area is 121 Å². The second-order valence-corrected chi connectivity index (χ2v) is 8.58. The molecule has 2 heterocycles. The van der Waals surface area contributed by atoms with Crippen molar-refractivity contribution in [2.24, 2.45) is 0 Å². The quantitative estimate of drug-likeness (QED) is 0.662. The Morgan fingerprint density at radius 1 is 1.24 bits per heavy atom. The molecule has 2 N–H and O–H groups in total. The number of H-pyrrole nitrogens is 1. The van der Waals surface area contributed by atoms with Crippen LogP contribution in [0.1, 0.15) is 11.3 Å². The third kappa shape index (κ3) is 2.57. The van der Waals surface area contributed by atoms with Gasteiger partial charge in [-0.1, -0.05) is 0 Å². The van der Waals surface area contributed by atoms with E-state index in [1.165, 1.54) is 18.2 Å². The highest BCUT2D eigenvalue weighted by Gasteiger charge is 2.24. The van der Waals surface area contributed by atoms with Gasteiger partial charge in [0.25, 0.3) is 5.91 Å². The highest BCUT2D eigenvalue weighted by molar-refractivity contribution is 7.70. The summed E-state index contributed by atoms with van der Waals surface area (Å²) in [7, 11) is -2.35. The number of amides is 1. The molecule has 2 aromatic rings. The van der Waals surface area contributed by atoms with Crippen molar-refractivity contribution in [1.82, 2.24) is 4.98 Å². The molecule has 0 fully saturated rings. The van der Waals surface area contributed by atoms with Crippen molar-refractivity contribution in [3.8, 4) is 0 Å². The molecule has 0 atom stereocenters. The molecule has 0 saturated carbocycles. The Kier molecular flexibility index (Phi) is 3.10. The molecule has 0 bridgehead atoms. The molecule has 0 spiro atoms. The van der Waals surface area contributed by atoms with Gasteiger partial charge in [-0.2, -0.15) is 0 Å². The minimum atomic E-state index is -2.35. The van der Waals surface area contributed by atoms with Gasteiger partial charge in [-0.25, -0.2) is 4.39 Å². The van der Waals surface area contributed by atoms with Crippen molar-refractivity contribution in [2.45, 2.75) is 0 Å². The highest BCUT2D eigenvalue weighted by atomic mass is 31.2. The van der Waals surface area contributed by atoms with Gasteiger partial charge >= 0.3 is 0 Å². The molecule has 1 aliphatic heterocycles. The van der Waals surface area contributed by atoms with Gasteiger partial charge in [-0.3, -0.25) is 4.79 Å². The minimum Gasteiger partial charge on any atom is -0.361 e. The van der Waals surface area contributed by atoms with Gasteiger partial charge in [0.1, 0.15) is 13.0 Å². The minimum absolute atomic E-state index is 0.275. The average molecular weight is 304 g/mol. The molecule has 0 unspecified atom stereocenters. The average Bonchev–Trinajstić information content (AvgIpc) is 2.96. The summed E-state index contributed by atoms with van der Waals surface area (Å²) < 4.78 is 25.4. The molecule has 1 aromatic carbocycles. The van der Waals surface area contributed by atoms with Crippen LogP contribution < -0.4 is 10.6 Å². The Bertz CT molecular complexity index is 817. The molecular weight excluding hydrogens is 290 g/mol. The van der Waals surface area contributed by atoms with Crippen LogP contribution in [0.5, 0.6) is 0 Å².